The van der Waals surface area contributed by atoms with Gasteiger partial charge in [-0.05, 0) is 37.6 Å². The number of nitrogens with zero attached hydrogens (tertiary/aromatic N) is 1. The van der Waals surface area contributed by atoms with Gasteiger partial charge in [0.1, 0.15) is 18.2 Å². The van der Waals surface area contributed by atoms with Gasteiger partial charge in [0.25, 0.3) is 0 Å². The first-order valence-corrected chi connectivity index (χ1v) is 7.59. The quantitative estimate of drug-likeness (QED) is 0.791. The van der Waals surface area contributed by atoms with Gasteiger partial charge in [0, 0.05) is 18.0 Å². The van der Waals surface area contributed by atoms with Crippen molar-refractivity contribution in [2.45, 2.75) is 33.4 Å². The molecule has 0 bridgehead atoms. The lowest BCUT2D eigenvalue weighted by molar-refractivity contribution is 0.300. The maximum absolute atomic E-state index is 13.5. The number of rotatable bonds is 7. The van der Waals surface area contributed by atoms with Crippen LogP contribution in [0.15, 0.2) is 23.6 Å². The Morgan fingerprint density at radius 1 is 1.35 bits per heavy atom. The minimum atomic E-state index is -0.273. The van der Waals surface area contributed by atoms with E-state index in [0.29, 0.717) is 18.9 Å². The molecular weight excluding hydrogens is 275 g/mol. The molecule has 0 unspecified atom stereocenters. The van der Waals surface area contributed by atoms with Crippen LogP contribution in [0.5, 0.6) is 5.75 Å². The van der Waals surface area contributed by atoms with Crippen molar-refractivity contribution in [2.24, 2.45) is 0 Å². The molecule has 1 aromatic heterocycles. The third-order valence-electron chi connectivity index (χ3n) is 2.74. The Morgan fingerprint density at radius 2 is 2.20 bits per heavy atom. The Morgan fingerprint density at radius 3 is 2.90 bits per heavy atom. The van der Waals surface area contributed by atoms with Crippen molar-refractivity contribution < 1.29 is 9.13 Å². The minimum Gasteiger partial charge on any atom is -0.487 e. The number of halogens is 1. The zero-order valence-corrected chi connectivity index (χ0v) is 12.6. The topological polar surface area (TPSA) is 34.1 Å². The van der Waals surface area contributed by atoms with Crippen LogP contribution in [-0.2, 0) is 13.2 Å². The monoisotopic (exact) mass is 294 g/mol. The average Bonchev–Trinajstić information content (AvgIpc) is 2.82. The molecule has 0 saturated heterocycles. The number of hydrogen-bond donors (Lipinski definition) is 1. The molecule has 0 aliphatic rings. The van der Waals surface area contributed by atoms with Crippen LogP contribution in [0.3, 0.4) is 0 Å². The first-order chi connectivity index (χ1) is 9.67. The van der Waals surface area contributed by atoms with Crippen LogP contribution in [0, 0.1) is 12.7 Å². The number of thiazole rings is 1. The van der Waals surface area contributed by atoms with Gasteiger partial charge in [0.15, 0.2) is 0 Å². The van der Waals surface area contributed by atoms with Crippen molar-refractivity contribution in [3.63, 3.8) is 0 Å². The lowest BCUT2D eigenvalue weighted by Crippen LogP contribution is -2.14. The highest BCUT2D eigenvalue weighted by atomic mass is 32.1. The molecule has 3 nitrogen and oxygen atoms in total. The zero-order valence-electron chi connectivity index (χ0n) is 11.8. The summed E-state index contributed by atoms with van der Waals surface area (Å²) in [4.78, 5) is 4.32. The Hall–Kier alpha value is -1.46. The second-order valence-corrected chi connectivity index (χ2v) is 5.68. The number of aromatic nitrogens is 1. The number of benzene rings is 1. The van der Waals surface area contributed by atoms with Crippen LogP contribution in [0.1, 0.15) is 29.6 Å². The molecule has 0 fully saturated rings. The van der Waals surface area contributed by atoms with Crippen molar-refractivity contribution in [1.29, 1.82) is 0 Å². The van der Waals surface area contributed by atoms with Gasteiger partial charge in [-0.15, -0.1) is 11.3 Å². The van der Waals surface area contributed by atoms with Gasteiger partial charge in [-0.1, -0.05) is 6.92 Å². The van der Waals surface area contributed by atoms with E-state index in [0.717, 1.165) is 29.2 Å². The first-order valence-electron chi connectivity index (χ1n) is 6.71. The highest BCUT2D eigenvalue weighted by Crippen LogP contribution is 2.18. The van der Waals surface area contributed by atoms with Gasteiger partial charge in [-0.2, -0.15) is 0 Å². The Kier molecular flexibility index (Phi) is 5.49. The van der Waals surface area contributed by atoms with Gasteiger partial charge < -0.3 is 10.1 Å². The van der Waals surface area contributed by atoms with Crippen molar-refractivity contribution in [2.75, 3.05) is 6.54 Å². The van der Waals surface area contributed by atoms with Gasteiger partial charge in [0.05, 0.1) is 10.7 Å². The third-order valence-corrected chi connectivity index (χ3v) is 3.56. The maximum Gasteiger partial charge on any atom is 0.131 e. The van der Waals surface area contributed by atoms with Crippen LogP contribution in [0.2, 0.25) is 0 Å². The van der Waals surface area contributed by atoms with E-state index in [9.17, 15) is 4.39 Å². The van der Waals surface area contributed by atoms with Crippen molar-refractivity contribution in [3.8, 4) is 5.75 Å². The normalized spacial score (nSPS) is 10.8. The summed E-state index contributed by atoms with van der Waals surface area (Å²) in [6.45, 7) is 6.00. The summed E-state index contributed by atoms with van der Waals surface area (Å²) in [7, 11) is 0. The molecule has 1 aromatic carbocycles. The fraction of sp³-hybridized carbons (Fsp3) is 0.400. The molecule has 0 amide bonds. The molecule has 0 aliphatic carbocycles. The van der Waals surface area contributed by atoms with E-state index in [1.165, 1.54) is 12.1 Å². The van der Waals surface area contributed by atoms with Crippen molar-refractivity contribution in [1.82, 2.24) is 10.3 Å². The van der Waals surface area contributed by atoms with Crippen LogP contribution in [0.4, 0.5) is 4.39 Å². The molecule has 108 valence electrons. The van der Waals surface area contributed by atoms with E-state index in [2.05, 4.69) is 17.2 Å². The Bertz CT molecular complexity index is 557. The average molecular weight is 294 g/mol. The fourth-order valence-electron chi connectivity index (χ4n) is 1.85. The first kappa shape index (κ1) is 14.9. The summed E-state index contributed by atoms with van der Waals surface area (Å²) < 4.78 is 19.2. The number of nitrogens with one attached hydrogen (secondary N) is 1. The molecule has 20 heavy (non-hydrogen) atoms. The number of ether oxygens (including phenoxy) is 1. The molecule has 1 N–H and O–H groups in total. The highest BCUT2D eigenvalue weighted by Gasteiger charge is 2.04. The van der Waals surface area contributed by atoms with Crippen LogP contribution in [0.25, 0.3) is 0 Å². The van der Waals surface area contributed by atoms with E-state index < -0.39 is 0 Å². The molecule has 0 spiro atoms. The Labute approximate surface area is 122 Å². The lowest BCUT2D eigenvalue weighted by atomic mass is 10.2. The van der Waals surface area contributed by atoms with E-state index in [1.807, 2.05) is 18.4 Å². The van der Waals surface area contributed by atoms with E-state index in [1.54, 1.807) is 11.3 Å². The summed E-state index contributed by atoms with van der Waals surface area (Å²) in [5.74, 6) is 0.272. The predicted molar refractivity (Wildman–Crippen MR) is 79.6 cm³/mol. The van der Waals surface area contributed by atoms with E-state index in [4.69, 9.17) is 4.74 Å². The molecule has 1 heterocycles. The smallest absolute Gasteiger partial charge is 0.131 e. The van der Waals surface area contributed by atoms with Gasteiger partial charge in [-0.3, -0.25) is 0 Å². The molecule has 0 atom stereocenters. The van der Waals surface area contributed by atoms with Gasteiger partial charge in [0.2, 0.25) is 0 Å². The third kappa shape index (κ3) is 4.58. The summed E-state index contributed by atoms with van der Waals surface area (Å²) in [5.41, 5.74) is 1.77. The summed E-state index contributed by atoms with van der Waals surface area (Å²) in [5, 5.41) is 6.21. The van der Waals surface area contributed by atoms with E-state index in [-0.39, 0.29) is 5.82 Å². The maximum atomic E-state index is 13.5. The summed E-state index contributed by atoms with van der Waals surface area (Å²) in [6, 6.07) is 4.80. The predicted octanol–water partition coefficient (Wildman–Crippen LogP) is 3.67. The summed E-state index contributed by atoms with van der Waals surface area (Å²) >= 11 is 1.58. The number of aryl methyl sites for hydroxylation is 1. The van der Waals surface area contributed by atoms with Crippen LogP contribution < -0.4 is 10.1 Å². The van der Waals surface area contributed by atoms with Crippen molar-refractivity contribution >= 4 is 11.3 Å². The fourth-order valence-corrected chi connectivity index (χ4v) is 2.44. The second kappa shape index (κ2) is 7.36. The molecule has 0 radical (unpaired) electrons. The minimum absolute atomic E-state index is 0.273. The van der Waals surface area contributed by atoms with Crippen molar-refractivity contribution in [3.05, 3.63) is 45.7 Å². The molecule has 2 rings (SSSR count). The largest absolute Gasteiger partial charge is 0.487 e. The number of hydrogen-bond acceptors (Lipinski definition) is 4. The SMILES string of the molecule is CCCNCc1cc(F)cc(OCc2csc(C)n2)c1. The van der Waals surface area contributed by atoms with E-state index >= 15 is 0 Å². The van der Waals surface area contributed by atoms with Crippen LogP contribution >= 0.6 is 11.3 Å². The second-order valence-electron chi connectivity index (χ2n) is 4.62. The van der Waals surface area contributed by atoms with Crippen LogP contribution in [-0.4, -0.2) is 11.5 Å². The Balaban J connectivity index is 1.96. The zero-order chi connectivity index (χ0) is 14.4. The molecule has 5 heteroatoms. The van der Waals surface area contributed by atoms with Gasteiger partial charge in [-0.25, -0.2) is 9.37 Å². The van der Waals surface area contributed by atoms with Gasteiger partial charge >= 0.3 is 0 Å². The highest BCUT2D eigenvalue weighted by molar-refractivity contribution is 7.09. The standard InChI is InChI=1S/C15H19FN2OS/c1-3-4-17-8-12-5-13(16)7-15(6-12)19-9-14-10-20-11(2)18-14/h5-7,10,17H,3-4,8-9H2,1-2H3. The lowest BCUT2D eigenvalue weighted by Gasteiger charge is -2.08. The molecule has 0 saturated carbocycles. The molecule has 2 aromatic rings. The molecule has 0 aliphatic heterocycles. The molecular formula is C15H19FN2OS. The summed E-state index contributed by atoms with van der Waals surface area (Å²) in [6.07, 6.45) is 1.06.